The summed E-state index contributed by atoms with van der Waals surface area (Å²) >= 11 is 0. The highest BCUT2D eigenvalue weighted by atomic mass is 15.2. The topological polar surface area (TPSA) is 3.24 Å². The van der Waals surface area contributed by atoms with Crippen LogP contribution in [0.4, 0.5) is 17.1 Å². The SMILES string of the molecule is CC1(C)c2ccccc2-c2c1cc(-c1c3ccccc3c(N3c4ccccc4C=Cc4ccccc43)c3ccccc13)c1ccccc21. The normalized spacial score (nSPS) is 14.1. The van der Waals surface area contributed by atoms with Crippen LogP contribution in [0.15, 0.2) is 152 Å². The standard InChI is InChI=1S/C47H33N/c1-47(2)40-24-12-11-23-38(40)45-33-18-6-5-17-32(33)39(29-41(45)47)44-34-19-7-9-21-36(34)46(37-22-10-8-20-35(37)44)48-42-25-13-3-15-30(42)27-28-31-16-4-14-26-43(31)48/h3-29H,1-2H3. The maximum absolute atomic E-state index is 2.52. The van der Waals surface area contributed by atoms with E-state index in [1.807, 2.05) is 0 Å². The lowest BCUT2D eigenvalue weighted by Crippen LogP contribution is -2.15. The first kappa shape index (κ1) is 27.2. The zero-order valence-electron chi connectivity index (χ0n) is 27.0. The van der Waals surface area contributed by atoms with Gasteiger partial charge in [0, 0.05) is 16.2 Å². The van der Waals surface area contributed by atoms with Crippen molar-refractivity contribution in [3.8, 4) is 22.3 Å². The second-order valence-corrected chi connectivity index (χ2v) is 13.7. The van der Waals surface area contributed by atoms with Gasteiger partial charge in [0.1, 0.15) is 0 Å². The number of hydrogen-bond donors (Lipinski definition) is 0. The summed E-state index contributed by atoms with van der Waals surface area (Å²) in [5.41, 5.74) is 14.0. The number of benzene rings is 8. The summed E-state index contributed by atoms with van der Waals surface area (Å²) < 4.78 is 0. The van der Waals surface area contributed by atoms with E-state index in [0.29, 0.717) is 0 Å². The highest BCUT2D eigenvalue weighted by molar-refractivity contribution is 6.25. The van der Waals surface area contributed by atoms with Crippen molar-refractivity contribution in [2.45, 2.75) is 19.3 Å². The van der Waals surface area contributed by atoms with Crippen LogP contribution < -0.4 is 4.90 Å². The molecule has 10 rings (SSSR count). The zero-order chi connectivity index (χ0) is 32.0. The Labute approximate surface area is 281 Å². The molecule has 8 aromatic rings. The van der Waals surface area contributed by atoms with Gasteiger partial charge in [-0.05, 0) is 84.3 Å². The molecule has 0 bridgehead atoms. The number of fused-ring (bicyclic) bond motifs is 9. The summed E-state index contributed by atoms with van der Waals surface area (Å²) in [5.74, 6) is 0. The lowest BCUT2D eigenvalue weighted by Gasteiger charge is -2.31. The van der Waals surface area contributed by atoms with Crippen molar-refractivity contribution >= 4 is 61.5 Å². The average molecular weight is 612 g/mol. The Balaban J connectivity index is 1.36. The maximum Gasteiger partial charge on any atom is 0.0619 e. The van der Waals surface area contributed by atoms with Crippen LogP contribution in [0.25, 0.3) is 66.7 Å². The van der Waals surface area contributed by atoms with Gasteiger partial charge < -0.3 is 4.90 Å². The monoisotopic (exact) mass is 611 g/mol. The molecule has 226 valence electrons. The molecule has 0 fully saturated rings. The summed E-state index contributed by atoms with van der Waals surface area (Å²) in [6.07, 6.45) is 4.51. The molecule has 1 heteroatoms. The minimum Gasteiger partial charge on any atom is -0.308 e. The van der Waals surface area contributed by atoms with Crippen molar-refractivity contribution in [3.05, 3.63) is 174 Å². The fourth-order valence-electron chi connectivity index (χ4n) is 8.61. The van der Waals surface area contributed by atoms with E-state index in [9.17, 15) is 0 Å². The Kier molecular flexibility index (Phi) is 5.69. The summed E-state index contributed by atoms with van der Waals surface area (Å²) in [4.78, 5) is 2.50. The third kappa shape index (κ3) is 3.67. The highest BCUT2D eigenvalue weighted by Crippen LogP contribution is 2.56. The zero-order valence-corrected chi connectivity index (χ0v) is 27.0. The Morgan fingerprint density at radius 3 is 1.46 bits per heavy atom. The van der Waals surface area contributed by atoms with Gasteiger partial charge in [0.25, 0.3) is 0 Å². The van der Waals surface area contributed by atoms with Crippen LogP contribution in [0.3, 0.4) is 0 Å². The first-order valence-corrected chi connectivity index (χ1v) is 16.9. The molecule has 0 saturated heterocycles. The van der Waals surface area contributed by atoms with E-state index < -0.39 is 0 Å². The molecule has 8 aromatic carbocycles. The van der Waals surface area contributed by atoms with Crippen LogP contribution >= 0.6 is 0 Å². The first-order chi connectivity index (χ1) is 23.6. The summed E-state index contributed by atoms with van der Waals surface area (Å²) in [5, 5.41) is 7.62. The largest absolute Gasteiger partial charge is 0.308 e. The Morgan fingerprint density at radius 2 is 0.854 bits per heavy atom. The van der Waals surface area contributed by atoms with Gasteiger partial charge in [-0.2, -0.15) is 0 Å². The lowest BCUT2D eigenvalue weighted by molar-refractivity contribution is 0.661. The maximum atomic E-state index is 2.52. The van der Waals surface area contributed by atoms with Crippen LogP contribution in [0.1, 0.15) is 36.1 Å². The highest BCUT2D eigenvalue weighted by Gasteiger charge is 2.37. The van der Waals surface area contributed by atoms with Crippen molar-refractivity contribution in [2.24, 2.45) is 0 Å². The van der Waals surface area contributed by atoms with E-state index in [2.05, 4.69) is 183 Å². The third-order valence-electron chi connectivity index (χ3n) is 10.8. The van der Waals surface area contributed by atoms with E-state index in [-0.39, 0.29) is 5.41 Å². The predicted molar refractivity (Wildman–Crippen MR) is 206 cm³/mol. The van der Waals surface area contributed by atoms with Gasteiger partial charge in [-0.25, -0.2) is 0 Å². The van der Waals surface area contributed by atoms with Gasteiger partial charge in [-0.3, -0.25) is 0 Å². The number of hydrogen-bond acceptors (Lipinski definition) is 1. The van der Waals surface area contributed by atoms with Crippen molar-refractivity contribution in [1.82, 2.24) is 0 Å². The molecule has 0 unspecified atom stereocenters. The molecule has 1 aliphatic carbocycles. The number of para-hydroxylation sites is 2. The molecule has 0 N–H and O–H groups in total. The van der Waals surface area contributed by atoms with Crippen molar-refractivity contribution < 1.29 is 0 Å². The Hall–Kier alpha value is -5.92. The molecule has 48 heavy (non-hydrogen) atoms. The quantitative estimate of drug-likeness (QED) is 0.176. The molecule has 0 atom stereocenters. The fourth-order valence-corrected chi connectivity index (χ4v) is 8.61. The second kappa shape index (κ2) is 10.0. The minimum absolute atomic E-state index is 0.108. The molecular weight excluding hydrogens is 579 g/mol. The number of rotatable bonds is 2. The minimum atomic E-state index is -0.108. The molecule has 2 aliphatic rings. The van der Waals surface area contributed by atoms with E-state index in [1.165, 1.54) is 93.9 Å². The van der Waals surface area contributed by atoms with Crippen LogP contribution in [0.2, 0.25) is 0 Å². The smallest absolute Gasteiger partial charge is 0.0619 e. The number of nitrogens with zero attached hydrogens (tertiary/aromatic N) is 1. The molecule has 0 spiro atoms. The Bertz CT molecular complexity index is 2550. The second-order valence-electron chi connectivity index (χ2n) is 13.7. The molecule has 0 radical (unpaired) electrons. The van der Waals surface area contributed by atoms with Crippen LogP contribution in [0, 0.1) is 0 Å². The first-order valence-electron chi connectivity index (χ1n) is 16.9. The van der Waals surface area contributed by atoms with E-state index in [1.54, 1.807) is 0 Å². The fraction of sp³-hybridized carbons (Fsp3) is 0.0638. The number of anilines is 3. The van der Waals surface area contributed by atoms with Crippen molar-refractivity contribution in [3.63, 3.8) is 0 Å². The summed E-state index contributed by atoms with van der Waals surface area (Å²) in [6.45, 7) is 4.77. The van der Waals surface area contributed by atoms with Gasteiger partial charge in [0.15, 0.2) is 0 Å². The van der Waals surface area contributed by atoms with Crippen LogP contribution in [-0.4, -0.2) is 0 Å². The molecular formula is C47H33N. The average Bonchev–Trinajstić information content (AvgIpc) is 3.25. The molecule has 0 amide bonds. The summed E-state index contributed by atoms with van der Waals surface area (Å²) in [6, 6.07) is 56.2. The van der Waals surface area contributed by atoms with Gasteiger partial charge in [0.2, 0.25) is 0 Å². The Morgan fingerprint density at radius 1 is 0.396 bits per heavy atom. The van der Waals surface area contributed by atoms with Crippen LogP contribution in [0.5, 0.6) is 0 Å². The third-order valence-corrected chi connectivity index (χ3v) is 10.8. The molecule has 1 nitrogen and oxygen atoms in total. The van der Waals surface area contributed by atoms with Gasteiger partial charge >= 0.3 is 0 Å². The molecule has 1 heterocycles. The van der Waals surface area contributed by atoms with Crippen molar-refractivity contribution in [2.75, 3.05) is 4.90 Å². The van der Waals surface area contributed by atoms with Gasteiger partial charge in [-0.1, -0.05) is 159 Å². The molecule has 0 saturated carbocycles. The lowest BCUT2D eigenvalue weighted by atomic mass is 9.79. The van der Waals surface area contributed by atoms with Crippen LogP contribution in [-0.2, 0) is 5.41 Å². The van der Waals surface area contributed by atoms with Gasteiger partial charge in [-0.15, -0.1) is 0 Å². The van der Waals surface area contributed by atoms with E-state index in [4.69, 9.17) is 0 Å². The summed E-state index contributed by atoms with van der Waals surface area (Å²) in [7, 11) is 0. The van der Waals surface area contributed by atoms with Crippen molar-refractivity contribution in [1.29, 1.82) is 0 Å². The van der Waals surface area contributed by atoms with Gasteiger partial charge in [0.05, 0.1) is 17.1 Å². The molecule has 1 aliphatic heterocycles. The molecule has 0 aromatic heterocycles. The predicted octanol–water partition coefficient (Wildman–Crippen LogP) is 13.1. The van der Waals surface area contributed by atoms with E-state index >= 15 is 0 Å². The van der Waals surface area contributed by atoms with E-state index in [0.717, 1.165) is 0 Å².